The smallest absolute Gasteiger partial charge is 0.199 e. The number of rotatable bonds is 1. The molecule has 1 aromatic heterocycles. The summed E-state index contributed by atoms with van der Waals surface area (Å²) in [6, 6.07) is 9.18. The summed E-state index contributed by atoms with van der Waals surface area (Å²) in [7, 11) is 1.48. The molecule has 2 aromatic carbocycles. The number of hydrogen-bond donors (Lipinski definition) is 1. The van der Waals surface area contributed by atoms with Gasteiger partial charge in [0.05, 0.1) is 12.5 Å². The highest BCUT2D eigenvalue weighted by atomic mass is 32.1. The molecule has 0 radical (unpaired) electrons. The van der Waals surface area contributed by atoms with E-state index < -0.39 is 0 Å². The van der Waals surface area contributed by atoms with Gasteiger partial charge in [0.15, 0.2) is 16.9 Å². The molecule has 0 atom stereocenters. The third-order valence-electron chi connectivity index (χ3n) is 3.19. The van der Waals surface area contributed by atoms with E-state index in [2.05, 4.69) is 0 Å². The van der Waals surface area contributed by atoms with Gasteiger partial charge in [0.2, 0.25) is 0 Å². The van der Waals surface area contributed by atoms with Gasteiger partial charge in [0.1, 0.15) is 0 Å². The zero-order valence-electron chi connectivity index (χ0n) is 10.6. The molecule has 1 N–H and O–H groups in total. The van der Waals surface area contributed by atoms with E-state index >= 15 is 0 Å². The highest BCUT2D eigenvalue weighted by molar-refractivity contribution is 7.24. The zero-order chi connectivity index (χ0) is 13.6. The summed E-state index contributed by atoms with van der Waals surface area (Å²) < 4.78 is 6.85. The van der Waals surface area contributed by atoms with Crippen molar-refractivity contribution in [2.45, 2.75) is 6.92 Å². The number of aryl methyl sites for hydroxylation is 1. The summed E-state index contributed by atoms with van der Waals surface area (Å²) in [6.45, 7) is 1.91. The number of phenolic OH excluding ortho intramolecular Hbond substituents is 1. The fourth-order valence-electron chi connectivity index (χ4n) is 2.24. The van der Waals surface area contributed by atoms with E-state index in [1.165, 1.54) is 18.4 Å². The maximum Gasteiger partial charge on any atom is 0.199 e. The van der Waals surface area contributed by atoms with E-state index in [1.54, 1.807) is 12.1 Å². The molecule has 19 heavy (non-hydrogen) atoms. The first kappa shape index (κ1) is 12.0. The number of fused-ring (bicyclic) bond motifs is 2. The summed E-state index contributed by atoms with van der Waals surface area (Å²) in [6.07, 6.45) is 0. The lowest BCUT2D eigenvalue weighted by Gasteiger charge is -2.09. The molecule has 96 valence electrons. The van der Waals surface area contributed by atoms with E-state index in [4.69, 9.17) is 4.74 Å². The van der Waals surface area contributed by atoms with Gasteiger partial charge in [-0.3, -0.25) is 4.79 Å². The Bertz CT molecular complexity index is 849. The van der Waals surface area contributed by atoms with Crippen molar-refractivity contribution in [1.29, 1.82) is 0 Å². The van der Waals surface area contributed by atoms with Gasteiger partial charge in [-0.15, -0.1) is 11.3 Å². The number of benzene rings is 2. The monoisotopic (exact) mass is 272 g/mol. The number of phenols is 1. The van der Waals surface area contributed by atoms with Crippen molar-refractivity contribution >= 4 is 31.5 Å². The normalized spacial score (nSPS) is 11.1. The molecule has 0 aliphatic heterocycles. The summed E-state index contributed by atoms with van der Waals surface area (Å²) in [5.41, 5.74) is 0.779. The van der Waals surface area contributed by atoms with E-state index in [1.807, 2.05) is 25.1 Å². The van der Waals surface area contributed by atoms with E-state index in [0.29, 0.717) is 16.5 Å². The van der Waals surface area contributed by atoms with Crippen molar-refractivity contribution in [2.24, 2.45) is 0 Å². The molecule has 0 unspecified atom stereocenters. The van der Waals surface area contributed by atoms with Crippen molar-refractivity contribution in [3.05, 3.63) is 46.1 Å². The minimum atomic E-state index is -0.149. The van der Waals surface area contributed by atoms with Crippen LogP contribution in [-0.2, 0) is 0 Å². The van der Waals surface area contributed by atoms with Gasteiger partial charge < -0.3 is 9.84 Å². The number of aromatic hydroxyl groups is 1. The molecule has 4 heteroatoms. The first-order valence-corrected chi connectivity index (χ1v) is 6.67. The second-order valence-corrected chi connectivity index (χ2v) is 5.43. The average Bonchev–Trinajstić information content (AvgIpc) is 2.42. The summed E-state index contributed by atoms with van der Waals surface area (Å²) in [4.78, 5) is 12.5. The van der Waals surface area contributed by atoms with E-state index in [-0.39, 0.29) is 11.2 Å². The molecule has 0 amide bonds. The second-order valence-electron chi connectivity index (χ2n) is 4.38. The molecule has 0 bridgehead atoms. The third-order valence-corrected chi connectivity index (χ3v) is 4.50. The zero-order valence-corrected chi connectivity index (χ0v) is 11.4. The molecule has 0 fully saturated rings. The predicted octanol–water partition coefficient (Wildman–Crippen LogP) is 3.44. The lowest BCUT2D eigenvalue weighted by molar-refractivity contribution is 0.376. The summed E-state index contributed by atoms with van der Waals surface area (Å²) in [5, 5.41) is 11.2. The first-order valence-electron chi connectivity index (χ1n) is 5.85. The Labute approximate surface area is 113 Å². The fraction of sp³-hybridized carbons (Fsp3) is 0.133. The Balaban J connectivity index is 2.62. The molecule has 0 spiro atoms. The van der Waals surface area contributed by atoms with Crippen LogP contribution in [0, 0.1) is 6.92 Å². The Kier molecular flexibility index (Phi) is 2.68. The highest BCUT2D eigenvalue weighted by Crippen LogP contribution is 2.38. The Morgan fingerprint density at radius 2 is 2.00 bits per heavy atom. The van der Waals surface area contributed by atoms with Crippen molar-refractivity contribution in [3.63, 3.8) is 0 Å². The third kappa shape index (κ3) is 1.68. The van der Waals surface area contributed by atoms with Gasteiger partial charge in [-0.25, -0.2) is 0 Å². The largest absolute Gasteiger partial charge is 0.504 e. The SMILES string of the molecule is COc1cc(C)c2sc3ccccc3c(=O)c2c1O. The summed E-state index contributed by atoms with van der Waals surface area (Å²) in [5.74, 6) is 0.264. The number of hydrogen-bond acceptors (Lipinski definition) is 4. The summed E-state index contributed by atoms with van der Waals surface area (Å²) >= 11 is 1.51. The molecule has 0 saturated carbocycles. The number of ether oxygens (including phenoxy) is 1. The molecule has 3 rings (SSSR count). The standard InChI is InChI=1S/C15H12O3S/c1-8-7-10(18-2)14(17)12-13(16)9-5-3-4-6-11(9)19-15(8)12/h3-7,17H,1-2H3. The average molecular weight is 272 g/mol. The van der Waals surface area contributed by atoms with Crippen molar-refractivity contribution in [2.75, 3.05) is 7.11 Å². The van der Waals surface area contributed by atoms with Crippen LogP contribution in [0.3, 0.4) is 0 Å². The number of methoxy groups -OCH3 is 1. The predicted molar refractivity (Wildman–Crippen MR) is 78.6 cm³/mol. The maximum absolute atomic E-state index is 12.5. The molecule has 3 aromatic rings. The van der Waals surface area contributed by atoms with Gasteiger partial charge in [-0.1, -0.05) is 12.1 Å². The van der Waals surface area contributed by atoms with Gasteiger partial charge in [0.25, 0.3) is 0 Å². The van der Waals surface area contributed by atoms with Crippen LogP contribution in [0.15, 0.2) is 35.1 Å². The maximum atomic E-state index is 12.5. The van der Waals surface area contributed by atoms with Crippen LogP contribution in [0.5, 0.6) is 11.5 Å². The van der Waals surface area contributed by atoms with Gasteiger partial charge in [-0.05, 0) is 30.7 Å². The van der Waals surface area contributed by atoms with Crippen LogP contribution >= 0.6 is 11.3 Å². The highest BCUT2D eigenvalue weighted by Gasteiger charge is 2.15. The lowest BCUT2D eigenvalue weighted by Crippen LogP contribution is -2.02. The van der Waals surface area contributed by atoms with Crippen LogP contribution in [0.1, 0.15) is 5.56 Å². The Morgan fingerprint density at radius 3 is 2.74 bits per heavy atom. The van der Waals surface area contributed by atoms with Gasteiger partial charge in [-0.2, -0.15) is 0 Å². The van der Waals surface area contributed by atoms with Crippen LogP contribution in [0.4, 0.5) is 0 Å². The van der Waals surface area contributed by atoms with Crippen molar-refractivity contribution in [1.82, 2.24) is 0 Å². The van der Waals surface area contributed by atoms with Gasteiger partial charge in [0, 0.05) is 14.8 Å². The quantitative estimate of drug-likeness (QED) is 0.690. The van der Waals surface area contributed by atoms with Crippen LogP contribution in [0.25, 0.3) is 20.2 Å². The van der Waals surface area contributed by atoms with Crippen LogP contribution in [0.2, 0.25) is 0 Å². The minimum absolute atomic E-state index is 0.0740. The lowest BCUT2D eigenvalue weighted by atomic mass is 10.1. The molecule has 0 saturated heterocycles. The molecule has 0 aliphatic carbocycles. The molecule has 1 heterocycles. The van der Waals surface area contributed by atoms with E-state index in [9.17, 15) is 9.90 Å². The minimum Gasteiger partial charge on any atom is -0.504 e. The van der Waals surface area contributed by atoms with Crippen molar-refractivity contribution in [3.8, 4) is 11.5 Å². The molecular formula is C15H12O3S. The first-order chi connectivity index (χ1) is 9.13. The Morgan fingerprint density at radius 1 is 1.26 bits per heavy atom. The topological polar surface area (TPSA) is 46.5 Å². The molecule has 3 nitrogen and oxygen atoms in total. The second kappa shape index (κ2) is 4.24. The Hall–Kier alpha value is -2.07. The molecular weight excluding hydrogens is 260 g/mol. The molecule has 0 aliphatic rings. The van der Waals surface area contributed by atoms with Crippen molar-refractivity contribution < 1.29 is 9.84 Å². The van der Waals surface area contributed by atoms with E-state index in [0.717, 1.165) is 15.0 Å². The van der Waals surface area contributed by atoms with Crippen LogP contribution in [-0.4, -0.2) is 12.2 Å². The fourth-order valence-corrected chi connectivity index (χ4v) is 3.39. The van der Waals surface area contributed by atoms with Crippen LogP contribution < -0.4 is 10.2 Å². The van der Waals surface area contributed by atoms with Gasteiger partial charge >= 0.3 is 0 Å².